The van der Waals surface area contributed by atoms with Crippen LogP contribution in [0.3, 0.4) is 0 Å². The van der Waals surface area contributed by atoms with E-state index < -0.39 is 22.8 Å². The lowest BCUT2D eigenvalue weighted by Crippen LogP contribution is -2.40. The molecule has 0 aromatic carbocycles. The van der Waals surface area contributed by atoms with Crippen molar-refractivity contribution in [2.75, 3.05) is 0 Å². The fraction of sp³-hybridized carbons (Fsp3) is 0.500. The first-order chi connectivity index (χ1) is 13.5. The van der Waals surface area contributed by atoms with Gasteiger partial charge < -0.3 is 9.63 Å². The minimum absolute atomic E-state index is 0.103. The van der Waals surface area contributed by atoms with E-state index in [1.807, 2.05) is 33.8 Å². The first-order valence-electron chi connectivity index (χ1n) is 9.53. The van der Waals surface area contributed by atoms with E-state index in [0.717, 1.165) is 22.4 Å². The van der Waals surface area contributed by atoms with E-state index in [9.17, 15) is 19.5 Å². The third-order valence-electron chi connectivity index (χ3n) is 5.02. The Balaban J connectivity index is 2.01. The number of rotatable bonds is 5. The second-order valence-electron chi connectivity index (χ2n) is 8.33. The fourth-order valence-electron chi connectivity index (χ4n) is 3.54. The van der Waals surface area contributed by atoms with Gasteiger partial charge in [-0.05, 0) is 30.7 Å². The summed E-state index contributed by atoms with van der Waals surface area (Å²) in [6, 6.07) is 1.86. The zero-order valence-corrected chi connectivity index (χ0v) is 17.4. The number of hydrogen-bond donors (Lipinski definition) is 1. The van der Waals surface area contributed by atoms with Crippen LogP contribution < -0.4 is 11.2 Å². The molecule has 0 aliphatic heterocycles. The summed E-state index contributed by atoms with van der Waals surface area (Å²) < 4.78 is 8.56. The van der Waals surface area contributed by atoms with Gasteiger partial charge in [-0.3, -0.25) is 13.9 Å². The highest BCUT2D eigenvalue weighted by Gasteiger charge is 2.27. The smallest absolute Gasteiger partial charge is 0.417 e. The van der Waals surface area contributed by atoms with Crippen molar-refractivity contribution in [1.29, 1.82) is 0 Å². The Labute approximate surface area is 167 Å². The molecule has 0 bridgehead atoms. The maximum atomic E-state index is 13.2. The molecule has 0 spiro atoms. The van der Waals surface area contributed by atoms with E-state index in [4.69, 9.17) is 4.52 Å². The Morgan fingerprint density at radius 3 is 2.48 bits per heavy atom. The lowest BCUT2D eigenvalue weighted by atomic mass is 9.87. The molecule has 29 heavy (non-hydrogen) atoms. The van der Waals surface area contributed by atoms with Crippen molar-refractivity contribution in [2.24, 2.45) is 7.05 Å². The van der Waals surface area contributed by atoms with Crippen molar-refractivity contribution >= 4 is 17.1 Å². The Morgan fingerprint density at radius 2 is 1.93 bits per heavy atom. The molecule has 3 rings (SSSR count). The first kappa shape index (κ1) is 20.6. The summed E-state index contributed by atoms with van der Waals surface area (Å²) in [6.45, 7) is 7.81. The summed E-state index contributed by atoms with van der Waals surface area (Å²) in [4.78, 5) is 37.7. The molecule has 0 saturated carbocycles. The second-order valence-corrected chi connectivity index (χ2v) is 8.33. The lowest BCUT2D eigenvalue weighted by molar-refractivity contribution is 0.197. The first-order valence-corrected chi connectivity index (χ1v) is 9.53. The zero-order valence-electron chi connectivity index (χ0n) is 17.4. The molecule has 0 saturated heterocycles. The standard InChI is InChI=1S/C20H26N4O5/c1-12-10-13(29-21-12)8-6-7-9-23-17(25)15-14(20(2,3)4)11-24(19(27)28)16(15)22(5)18(23)26/h10-11H,6-9H2,1-5H3,(H,27,28). The van der Waals surface area contributed by atoms with Gasteiger partial charge in [-0.1, -0.05) is 25.9 Å². The van der Waals surface area contributed by atoms with E-state index in [2.05, 4.69) is 5.16 Å². The molecule has 0 atom stereocenters. The summed E-state index contributed by atoms with van der Waals surface area (Å²) in [5.74, 6) is 0.770. The molecule has 3 aromatic heterocycles. The van der Waals surface area contributed by atoms with Crippen molar-refractivity contribution < 1.29 is 14.4 Å². The van der Waals surface area contributed by atoms with Crippen molar-refractivity contribution in [3.8, 4) is 0 Å². The number of nitrogens with zero attached hydrogens (tertiary/aromatic N) is 4. The SMILES string of the molecule is Cc1cc(CCCCn2c(=O)c3c(C(C)(C)C)cn(C(=O)O)c3n(C)c2=O)on1. The molecule has 1 N–H and O–H groups in total. The van der Waals surface area contributed by atoms with Crippen LogP contribution in [0.2, 0.25) is 0 Å². The molecule has 0 amide bonds. The minimum atomic E-state index is -1.24. The van der Waals surface area contributed by atoms with E-state index in [0.29, 0.717) is 18.4 Å². The molecule has 0 aliphatic rings. The number of carbonyl (C=O) groups is 1. The van der Waals surface area contributed by atoms with Crippen LogP contribution >= 0.6 is 0 Å². The van der Waals surface area contributed by atoms with E-state index >= 15 is 0 Å². The number of fused-ring (bicyclic) bond motifs is 1. The monoisotopic (exact) mass is 402 g/mol. The van der Waals surface area contributed by atoms with E-state index in [1.165, 1.54) is 22.4 Å². The molecule has 3 heterocycles. The second kappa shape index (κ2) is 7.38. The molecule has 156 valence electrons. The van der Waals surface area contributed by atoms with Gasteiger partial charge in [-0.2, -0.15) is 0 Å². The van der Waals surface area contributed by atoms with Gasteiger partial charge in [0.1, 0.15) is 11.4 Å². The highest BCUT2D eigenvalue weighted by molar-refractivity contribution is 5.89. The van der Waals surface area contributed by atoms with Gasteiger partial charge >= 0.3 is 11.8 Å². The summed E-state index contributed by atoms with van der Waals surface area (Å²) in [7, 11) is 1.49. The molecule has 0 unspecified atom stereocenters. The van der Waals surface area contributed by atoms with Crippen LogP contribution in [0.25, 0.3) is 11.0 Å². The summed E-state index contributed by atoms with van der Waals surface area (Å²) >= 11 is 0. The van der Waals surface area contributed by atoms with Gasteiger partial charge in [0, 0.05) is 32.3 Å². The Kier molecular flexibility index (Phi) is 5.25. The van der Waals surface area contributed by atoms with Gasteiger partial charge in [0.25, 0.3) is 5.56 Å². The van der Waals surface area contributed by atoms with E-state index in [-0.39, 0.29) is 17.6 Å². The molecule has 0 fully saturated rings. The summed E-state index contributed by atoms with van der Waals surface area (Å²) in [6.07, 6.45) is 2.20. The maximum Gasteiger partial charge on any atom is 0.417 e. The van der Waals surface area contributed by atoms with Crippen LogP contribution in [0.4, 0.5) is 4.79 Å². The molecule has 0 aliphatic carbocycles. The average Bonchev–Trinajstić information content (AvgIpc) is 3.23. The Bertz CT molecular complexity index is 1190. The third-order valence-corrected chi connectivity index (χ3v) is 5.02. The van der Waals surface area contributed by atoms with Crippen molar-refractivity contribution in [1.82, 2.24) is 18.9 Å². The average molecular weight is 402 g/mol. The topological polar surface area (TPSA) is 112 Å². The van der Waals surface area contributed by atoms with E-state index in [1.54, 1.807) is 0 Å². The maximum absolute atomic E-state index is 13.2. The quantitative estimate of drug-likeness (QED) is 0.657. The predicted octanol–water partition coefficient (Wildman–Crippen LogP) is 2.64. The van der Waals surface area contributed by atoms with Crippen molar-refractivity contribution in [3.05, 3.63) is 50.1 Å². The largest absolute Gasteiger partial charge is 0.464 e. The van der Waals surface area contributed by atoms with Gasteiger partial charge in [-0.15, -0.1) is 0 Å². The van der Waals surface area contributed by atoms with Gasteiger partial charge in [-0.25, -0.2) is 14.2 Å². The van der Waals surface area contributed by atoms with Gasteiger partial charge in [0.15, 0.2) is 0 Å². The number of unbranched alkanes of at least 4 members (excludes halogenated alkanes) is 1. The van der Waals surface area contributed by atoms with Crippen molar-refractivity contribution in [2.45, 2.75) is 58.9 Å². The molecule has 9 nitrogen and oxygen atoms in total. The van der Waals surface area contributed by atoms with Crippen LogP contribution in [0.1, 0.15) is 50.6 Å². The molecular weight excluding hydrogens is 376 g/mol. The fourth-order valence-corrected chi connectivity index (χ4v) is 3.54. The van der Waals surface area contributed by atoms with Gasteiger partial charge in [0.05, 0.1) is 11.1 Å². The predicted molar refractivity (Wildman–Crippen MR) is 108 cm³/mol. The van der Waals surface area contributed by atoms with Crippen LogP contribution in [-0.4, -0.2) is 30.1 Å². The van der Waals surface area contributed by atoms with Gasteiger partial charge in [0.2, 0.25) is 0 Å². The number of hydrogen-bond acceptors (Lipinski definition) is 5. The van der Waals surface area contributed by atoms with Crippen LogP contribution in [0, 0.1) is 6.92 Å². The van der Waals surface area contributed by atoms with Crippen molar-refractivity contribution in [3.63, 3.8) is 0 Å². The molecule has 3 aromatic rings. The normalized spacial score (nSPS) is 12.0. The highest BCUT2D eigenvalue weighted by Crippen LogP contribution is 2.29. The zero-order chi connectivity index (χ0) is 21.5. The summed E-state index contributed by atoms with van der Waals surface area (Å²) in [5, 5.41) is 13.7. The lowest BCUT2D eigenvalue weighted by Gasteiger charge is -2.17. The number of aromatic nitrogens is 4. The van der Waals surface area contributed by atoms with Crippen LogP contribution in [0.15, 0.2) is 26.4 Å². The highest BCUT2D eigenvalue weighted by atomic mass is 16.5. The Hall–Kier alpha value is -3.10. The number of aryl methyl sites for hydroxylation is 3. The molecule has 9 heteroatoms. The molecular formula is C20H26N4O5. The number of carboxylic acid groups (broad SMARTS) is 1. The molecule has 0 radical (unpaired) electrons. The minimum Gasteiger partial charge on any atom is -0.464 e. The Morgan fingerprint density at radius 1 is 1.24 bits per heavy atom. The van der Waals surface area contributed by atoms with Crippen LogP contribution in [0.5, 0.6) is 0 Å². The van der Waals surface area contributed by atoms with Crippen LogP contribution in [-0.2, 0) is 25.4 Å². The summed E-state index contributed by atoms with van der Waals surface area (Å²) in [5.41, 5.74) is 0.0697. The third kappa shape index (κ3) is 3.76.